The van der Waals surface area contributed by atoms with Crippen molar-refractivity contribution in [3.05, 3.63) is 35.4 Å². The number of methoxy groups -OCH3 is 1. The van der Waals surface area contributed by atoms with E-state index in [2.05, 4.69) is 24.3 Å². The Morgan fingerprint density at radius 3 is 3.00 bits per heavy atom. The van der Waals surface area contributed by atoms with Crippen molar-refractivity contribution in [3.63, 3.8) is 0 Å². The summed E-state index contributed by atoms with van der Waals surface area (Å²) in [5, 5.41) is 0. The van der Waals surface area contributed by atoms with Gasteiger partial charge in [-0.3, -0.25) is 0 Å². The smallest absolute Gasteiger partial charge is 0.0600 e. The molecule has 96 valence electrons. The summed E-state index contributed by atoms with van der Waals surface area (Å²) in [5.74, 6) is 1.75. The second-order valence-electron chi connectivity index (χ2n) is 6.56. The van der Waals surface area contributed by atoms with E-state index in [0.717, 1.165) is 11.8 Å². The van der Waals surface area contributed by atoms with E-state index in [-0.39, 0.29) is 0 Å². The molecule has 4 atom stereocenters. The van der Waals surface area contributed by atoms with Crippen LogP contribution in [0.15, 0.2) is 24.3 Å². The molecule has 1 nitrogen and oxygen atoms in total. The fourth-order valence-electron chi connectivity index (χ4n) is 5.26. The van der Waals surface area contributed by atoms with Crippen molar-refractivity contribution >= 4 is 0 Å². The number of aryl methyl sites for hydroxylation is 1. The van der Waals surface area contributed by atoms with E-state index in [4.69, 9.17) is 4.74 Å². The largest absolute Gasteiger partial charge is 0.381 e. The van der Waals surface area contributed by atoms with E-state index in [1.165, 1.54) is 38.5 Å². The van der Waals surface area contributed by atoms with E-state index < -0.39 is 0 Å². The number of hydrogen-bond donors (Lipinski definition) is 0. The lowest BCUT2D eigenvalue weighted by atomic mass is 9.61. The van der Waals surface area contributed by atoms with Gasteiger partial charge in [0.1, 0.15) is 0 Å². The Morgan fingerprint density at radius 2 is 2.11 bits per heavy atom. The molecule has 1 heteroatoms. The highest BCUT2D eigenvalue weighted by Gasteiger charge is 2.54. The van der Waals surface area contributed by atoms with Crippen molar-refractivity contribution in [2.75, 3.05) is 7.11 Å². The third-order valence-electron chi connectivity index (χ3n) is 6.01. The number of hydrogen-bond acceptors (Lipinski definition) is 1. The molecule has 2 fully saturated rings. The van der Waals surface area contributed by atoms with Crippen molar-refractivity contribution in [2.45, 2.75) is 50.0 Å². The van der Waals surface area contributed by atoms with Gasteiger partial charge in [0.25, 0.3) is 0 Å². The summed E-state index contributed by atoms with van der Waals surface area (Å²) in [6.45, 7) is 0. The van der Waals surface area contributed by atoms with Crippen LogP contribution in [0.4, 0.5) is 0 Å². The van der Waals surface area contributed by atoms with Crippen LogP contribution in [0.3, 0.4) is 0 Å². The minimum Gasteiger partial charge on any atom is -0.381 e. The minimum atomic E-state index is 0.522. The Balaban J connectivity index is 1.79. The normalized spacial score (nSPS) is 41.3. The highest BCUT2D eigenvalue weighted by atomic mass is 16.5. The average molecular weight is 242 g/mol. The van der Waals surface area contributed by atoms with Crippen LogP contribution in [0.25, 0.3) is 0 Å². The molecule has 0 heterocycles. The third kappa shape index (κ3) is 1.31. The number of rotatable bonds is 1. The lowest BCUT2D eigenvalue weighted by molar-refractivity contribution is 0.0232. The van der Waals surface area contributed by atoms with Gasteiger partial charge in [0.05, 0.1) is 6.10 Å². The average Bonchev–Trinajstić information content (AvgIpc) is 2.73. The first-order chi connectivity index (χ1) is 8.83. The molecule has 0 aliphatic heterocycles. The predicted molar refractivity (Wildman–Crippen MR) is 72.7 cm³/mol. The molecule has 0 aromatic heterocycles. The van der Waals surface area contributed by atoms with Crippen LogP contribution in [0.1, 0.15) is 43.2 Å². The van der Waals surface area contributed by atoms with Gasteiger partial charge < -0.3 is 4.74 Å². The van der Waals surface area contributed by atoms with Crippen LogP contribution in [0, 0.1) is 11.8 Å². The topological polar surface area (TPSA) is 9.23 Å². The molecule has 0 radical (unpaired) electrons. The fraction of sp³-hybridized carbons (Fsp3) is 0.647. The highest BCUT2D eigenvalue weighted by Crippen LogP contribution is 2.60. The molecule has 1 aromatic rings. The van der Waals surface area contributed by atoms with Crippen molar-refractivity contribution in [1.82, 2.24) is 0 Å². The second kappa shape index (κ2) is 3.84. The summed E-state index contributed by atoms with van der Waals surface area (Å²) in [6, 6.07) is 9.22. The van der Waals surface area contributed by atoms with Gasteiger partial charge >= 0.3 is 0 Å². The van der Waals surface area contributed by atoms with Crippen LogP contribution in [-0.4, -0.2) is 13.2 Å². The number of benzene rings is 1. The van der Waals surface area contributed by atoms with Crippen molar-refractivity contribution < 1.29 is 4.74 Å². The zero-order valence-corrected chi connectivity index (χ0v) is 11.2. The maximum absolute atomic E-state index is 5.71. The standard InChI is InChI=1S/C17H22O/c1-18-16-8-9-17-11-13(16)10-14(17)7-6-12-4-2-3-5-15(12)17/h2-5,13-14,16H,6-11H2,1H3/t13-,14-,16+,17+/m0/s1. The molecule has 1 aromatic carbocycles. The van der Waals surface area contributed by atoms with Crippen LogP contribution in [-0.2, 0) is 16.6 Å². The first-order valence-electron chi connectivity index (χ1n) is 7.45. The van der Waals surface area contributed by atoms with E-state index >= 15 is 0 Å². The third-order valence-corrected chi connectivity index (χ3v) is 6.01. The van der Waals surface area contributed by atoms with Crippen LogP contribution >= 0.6 is 0 Å². The highest BCUT2D eigenvalue weighted by molar-refractivity contribution is 5.40. The van der Waals surface area contributed by atoms with Crippen molar-refractivity contribution in [1.29, 1.82) is 0 Å². The van der Waals surface area contributed by atoms with Crippen molar-refractivity contribution in [2.24, 2.45) is 11.8 Å². The maximum atomic E-state index is 5.71. The minimum absolute atomic E-state index is 0.522. The van der Waals surface area contributed by atoms with Crippen molar-refractivity contribution in [3.8, 4) is 0 Å². The Hall–Kier alpha value is -0.820. The predicted octanol–water partition coefficient (Wildman–Crippen LogP) is 3.71. The van der Waals surface area contributed by atoms with Gasteiger partial charge in [-0.25, -0.2) is 0 Å². The second-order valence-corrected chi connectivity index (χ2v) is 6.56. The summed E-state index contributed by atoms with van der Waals surface area (Å²) in [6.07, 6.45) is 8.65. The summed E-state index contributed by atoms with van der Waals surface area (Å²) < 4.78 is 5.71. The Morgan fingerprint density at radius 1 is 1.22 bits per heavy atom. The lowest BCUT2D eigenvalue weighted by Gasteiger charge is -2.44. The molecule has 18 heavy (non-hydrogen) atoms. The van der Waals surface area contributed by atoms with E-state index in [1.54, 1.807) is 11.1 Å². The van der Waals surface area contributed by atoms with Gasteiger partial charge in [0.2, 0.25) is 0 Å². The fourth-order valence-corrected chi connectivity index (χ4v) is 5.26. The Labute approximate surface area is 110 Å². The van der Waals surface area contributed by atoms with Gasteiger partial charge in [-0.15, -0.1) is 0 Å². The lowest BCUT2D eigenvalue weighted by Crippen LogP contribution is -2.39. The molecule has 1 spiro atoms. The Bertz CT molecular complexity index is 466. The van der Waals surface area contributed by atoms with Gasteiger partial charge in [-0.2, -0.15) is 0 Å². The molecule has 2 saturated carbocycles. The molecule has 2 bridgehead atoms. The maximum Gasteiger partial charge on any atom is 0.0600 e. The number of fused-ring (bicyclic) bond motifs is 2. The zero-order chi connectivity index (χ0) is 12.2. The summed E-state index contributed by atoms with van der Waals surface area (Å²) in [4.78, 5) is 0. The molecular formula is C17H22O. The molecule has 4 rings (SSSR count). The van der Waals surface area contributed by atoms with E-state index in [9.17, 15) is 0 Å². The van der Waals surface area contributed by atoms with Gasteiger partial charge in [-0.05, 0) is 66.9 Å². The molecule has 0 unspecified atom stereocenters. The van der Waals surface area contributed by atoms with Crippen LogP contribution in [0.5, 0.6) is 0 Å². The molecule has 3 aliphatic carbocycles. The summed E-state index contributed by atoms with van der Waals surface area (Å²) in [7, 11) is 1.90. The quantitative estimate of drug-likeness (QED) is 0.729. The van der Waals surface area contributed by atoms with Crippen LogP contribution in [0.2, 0.25) is 0 Å². The molecule has 0 saturated heterocycles. The molecule has 0 amide bonds. The van der Waals surface area contributed by atoms with Crippen LogP contribution < -0.4 is 0 Å². The summed E-state index contributed by atoms with van der Waals surface area (Å²) >= 11 is 0. The first kappa shape index (κ1) is 11.0. The molecule has 0 N–H and O–H groups in total. The van der Waals surface area contributed by atoms with Gasteiger partial charge in [0, 0.05) is 7.11 Å². The Kier molecular flexibility index (Phi) is 2.35. The van der Waals surface area contributed by atoms with E-state index in [0.29, 0.717) is 11.5 Å². The molecule has 3 aliphatic rings. The van der Waals surface area contributed by atoms with Gasteiger partial charge in [-0.1, -0.05) is 24.3 Å². The zero-order valence-electron chi connectivity index (χ0n) is 11.2. The number of ether oxygens (including phenoxy) is 1. The molecular weight excluding hydrogens is 220 g/mol. The first-order valence-corrected chi connectivity index (χ1v) is 7.45. The monoisotopic (exact) mass is 242 g/mol. The SMILES string of the molecule is CO[C@@H]1CC[C@@]23C[C@@H]1C[C@@H]2CCc1ccccc13. The van der Waals surface area contributed by atoms with E-state index in [1.807, 2.05) is 7.11 Å². The summed E-state index contributed by atoms with van der Waals surface area (Å²) in [5.41, 5.74) is 3.85. The van der Waals surface area contributed by atoms with Gasteiger partial charge in [0.15, 0.2) is 0 Å².